The van der Waals surface area contributed by atoms with Crippen molar-refractivity contribution in [3.8, 4) is 22.6 Å². The Bertz CT molecular complexity index is 1230. The number of oxazole rings is 1. The molecule has 0 atom stereocenters. The summed E-state index contributed by atoms with van der Waals surface area (Å²) in [4.78, 5) is 4.79. The van der Waals surface area contributed by atoms with Gasteiger partial charge in [-0.3, -0.25) is 0 Å². The van der Waals surface area contributed by atoms with Crippen LogP contribution in [0.4, 0.5) is 0 Å². The van der Waals surface area contributed by atoms with E-state index in [4.69, 9.17) is 21.0 Å². The molecular weight excluding hydrogens is 342 g/mol. The van der Waals surface area contributed by atoms with Crippen molar-refractivity contribution in [1.82, 2.24) is 4.98 Å². The third kappa shape index (κ3) is 2.47. The number of halogens is 1. The topological polar surface area (TPSA) is 26.0 Å². The Morgan fingerprint density at radius 2 is 1.42 bits per heavy atom. The largest absolute Gasteiger partial charge is 0.436 e. The zero-order valence-corrected chi connectivity index (χ0v) is 14.6. The fourth-order valence-corrected chi connectivity index (χ4v) is 3.47. The fraction of sp³-hybridized carbons (Fsp3) is 0. The fourth-order valence-electron chi connectivity index (χ4n) is 3.34. The Morgan fingerprint density at radius 1 is 0.692 bits per heavy atom. The van der Waals surface area contributed by atoms with Gasteiger partial charge in [-0.15, -0.1) is 0 Å². The van der Waals surface area contributed by atoms with Gasteiger partial charge in [0.25, 0.3) is 0 Å². The molecule has 4 aromatic carbocycles. The van der Waals surface area contributed by atoms with Crippen molar-refractivity contribution in [3.05, 3.63) is 90.0 Å². The first-order valence-corrected chi connectivity index (χ1v) is 8.81. The van der Waals surface area contributed by atoms with Gasteiger partial charge in [0.1, 0.15) is 5.52 Å². The molecule has 5 rings (SSSR count). The Hall–Kier alpha value is -3.10. The summed E-state index contributed by atoms with van der Waals surface area (Å²) in [7, 11) is 0. The van der Waals surface area contributed by atoms with Crippen LogP contribution in [0.1, 0.15) is 0 Å². The lowest BCUT2D eigenvalue weighted by Crippen LogP contribution is -1.83. The van der Waals surface area contributed by atoms with Gasteiger partial charge in [-0.2, -0.15) is 0 Å². The standard InChI is InChI=1S/C23H14ClNO/c24-17-13-11-16(12-14-17)23-25-22-20(9-4-10-21(22)26-23)19-8-3-6-15-5-1-2-7-18(15)19/h1-14H. The van der Waals surface area contributed by atoms with Crippen molar-refractivity contribution in [2.75, 3.05) is 0 Å². The van der Waals surface area contributed by atoms with Crippen LogP contribution in [-0.2, 0) is 0 Å². The first-order chi connectivity index (χ1) is 12.8. The maximum atomic E-state index is 6.01. The molecule has 0 saturated heterocycles. The predicted octanol–water partition coefficient (Wildman–Crippen LogP) is 6.97. The summed E-state index contributed by atoms with van der Waals surface area (Å²) < 4.78 is 6.01. The molecule has 26 heavy (non-hydrogen) atoms. The van der Waals surface area contributed by atoms with Crippen molar-refractivity contribution >= 4 is 33.5 Å². The zero-order chi connectivity index (χ0) is 17.5. The van der Waals surface area contributed by atoms with E-state index in [1.165, 1.54) is 10.8 Å². The minimum atomic E-state index is 0.601. The number of rotatable bonds is 2. The number of nitrogens with zero attached hydrogens (tertiary/aromatic N) is 1. The van der Waals surface area contributed by atoms with Crippen LogP contribution in [0.15, 0.2) is 89.3 Å². The van der Waals surface area contributed by atoms with E-state index in [-0.39, 0.29) is 0 Å². The highest BCUT2D eigenvalue weighted by atomic mass is 35.5. The van der Waals surface area contributed by atoms with Crippen molar-refractivity contribution in [2.24, 2.45) is 0 Å². The highest BCUT2D eigenvalue weighted by molar-refractivity contribution is 6.30. The molecule has 0 N–H and O–H groups in total. The Labute approximate surface area is 155 Å². The third-order valence-corrected chi connectivity index (χ3v) is 4.84. The molecule has 0 aliphatic carbocycles. The van der Waals surface area contributed by atoms with Crippen LogP contribution >= 0.6 is 11.6 Å². The smallest absolute Gasteiger partial charge is 0.227 e. The minimum Gasteiger partial charge on any atom is -0.436 e. The van der Waals surface area contributed by atoms with Crippen molar-refractivity contribution in [3.63, 3.8) is 0 Å². The molecule has 1 heterocycles. The molecular formula is C23H14ClNO. The van der Waals surface area contributed by atoms with E-state index in [1.54, 1.807) is 0 Å². The van der Waals surface area contributed by atoms with Gasteiger partial charge in [-0.1, -0.05) is 66.2 Å². The van der Waals surface area contributed by atoms with E-state index < -0.39 is 0 Å². The Kier molecular flexibility index (Phi) is 3.51. The lowest BCUT2D eigenvalue weighted by molar-refractivity contribution is 0.620. The highest BCUT2D eigenvalue weighted by Crippen LogP contribution is 2.35. The van der Waals surface area contributed by atoms with Crippen LogP contribution in [0, 0.1) is 0 Å². The average Bonchev–Trinajstić information content (AvgIpc) is 3.12. The molecule has 0 saturated carbocycles. The molecule has 5 aromatic rings. The van der Waals surface area contributed by atoms with Crippen molar-refractivity contribution in [2.45, 2.75) is 0 Å². The maximum absolute atomic E-state index is 6.01. The van der Waals surface area contributed by atoms with Crippen LogP contribution < -0.4 is 0 Å². The van der Waals surface area contributed by atoms with Gasteiger partial charge in [-0.05, 0) is 46.7 Å². The summed E-state index contributed by atoms with van der Waals surface area (Å²) in [5.74, 6) is 0.601. The van der Waals surface area contributed by atoms with E-state index in [2.05, 4.69) is 48.5 Å². The van der Waals surface area contributed by atoms with Gasteiger partial charge < -0.3 is 4.42 Å². The Balaban J connectivity index is 1.75. The maximum Gasteiger partial charge on any atom is 0.227 e. The summed E-state index contributed by atoms with van der Waals surface area (Å²) >= 11 is 5.99. The number of hydrogen-bond acceptors (Lipinski definition) is 2. The summed E-state index contributed by atoms with van der Waals surface area (Å²) in [6.07, 6.45) is 0. The molecule has 0 unspecified atom stereocenters. The van der Waals surface area contributed by atoms with Crippen LogP contribution in [0.2, 0.25) is 5.02 Å². The van der Waals surface area contributed by atoms with E-state index >= 15 is 0 Å². The van der Waals surface area contributed by atoms with E-state index in [9.17, 15) is 0 Å². The van der Waals surface area contributed by atoms with Gasteiger partial charge >= 0.3 is 0 Å². The van der Waals surface area contributed by atoms with Gasteiger partial charge in [-0.25, -0.2) is 4.98 Å². The monoisotopic (exact) mass is 355 g/mol. The number of para-hydroxylation sites is 1. The van der Waals surface area contributed by atoms with E-state index in [0.29, 0.717) is 10.9 Å². The number of aromatic nitrogens is 1. The molecule has 2 nitrogen and oxygen atoms in total. The molecule has 124 valence electrons. The van der Waals surface area contributed by atoms with Gasteiger partial charge in [0.05, 0.1) is 0 Å². The molecule has 0 spiro atoms. The number of fused-ring (bicyclic) bond motifs is 2. The molecule has 0 amide bonds. The van der Waals surface area contributed by atoms with Crippen molar-refractivity contribution < 1.29 is 4.42 Å². The van der Waals surface area contributed by atoms with Gasteiger partial charge in [0, 0.05) is 16.1 Å². The van der Waals surface area contributed by atoms with Crippen LogP contribution in [0.25, 0.3) is 44.5 Å². The van der Waals surface area contributed by atoms with Gasteiger partial charge in [0.2, 0.25) is 5.89 Å². The lowest BCUT2D eigenvalue weighted by atomic mass is 9.97. The molecule has 1 aromatic heterocycles. The second kappa shape index (κ2) is 6.01. The normalized spacial score (nSPS) is 11.3. The summed E-state index contributed by atoms with van der Waals surface area (Å²) in [6, 6.07) is 28.3. The minimum absolute atomic E-state index is 0.601. The van der Waals surface area contributed by atoms with Crippen LogP contribution in [-0.4, -0.2) is 4.98 Å². The number of benzene rings is 4. The second-order valence-corrected chi connectivity index (χ2v) is 6.64. The van der Waals surface area contributed by atoms with Crippen LogP contribution in [0.3, 0.4) is 0 Å². The van der Waals surface area contributed by atoms with Crippen LogP contribution in [0.5, 0.6) is 0 Å². The second-order valence-electron chi connectivity index (χ2n) is 6.20. The Morgan fingerprint density at radius 3 is 2.31 bits per heavy atom. The summed E-state index contributed by atoms with van der Waals surface area (Å²) in [5, 5.41) is 3.11. The average molecular weight is 356 g/mol. The predicted molar refractivity (Wildman–Crippen MR) is 107 cm³/mol. The van der Waals surface area contributed by atoms with E-state index in [0.717, 1.165) is 27.8 Å². The SMILES string of the molecule is Clc1ccc(-c2nc3c(-c4cccc5ccccc45)cccc3o2)cc1. The lowest BCUT2D eigenvalue weighted by Gasteiger charge is -2.07. The molecule has 0 aliphatic rings. The molecule has 0 aliphatic heterocycles. The summed E-state index contributed by atoms with van der Waals surface area (Å²) in [5.41, 5.74) is 4.79. The first kappa shape index (κ1) is 15.2. The highest BCUT2D eigenvalue weighted by Gasteiger charge is 2.14. The van der Waals surface area contributed by atoms with Gasteiger partial charge in [0.15, 0.2) is 5.58 Å². The molecule has 0 fully saturated rings. The third-order valence-electron chi connectivity index (χ3n) is 4.59. The number of hydrogen-bond donors (Lipinski definition) is 0. The van der Waals surface area contributed by atoms with E-state index in [1.807, 2.05) is 36.4 Å². The quantitative estimate of drug-likeness (QED) is 0.342. The summed E-state index contributed by atoms with van der Waals surface area (Å²) in [6.45, 7) is 0. The first-order valence-electron chi connectivity index (χ1n) is 8.43. The molecule has 0 radical (unpaired) electrons. The van der Waals surface area contributed by atoms with Crippen molar-refractivity contribution in [1.29, 1.82) is 0 Å². The molecule has 3 heteroatoms. The molecule has 0 bridgehead atoms. The zero-order valence-electron chi connectivity index (χ0n) is 13.8.